The Hall–Kier alpha value is -1.32. The third kappa shape index (κ3) is 2.28. The van der Waals surface area contributed by atoms with Crippen LogP contribution >= 0.6 is 0 Å². The highest BCUT2D eigenvalue weighted by molar-refractivity contribution is 5.84. The predicted octanol–water partition coefficient (Wildman–Crippen LogP) is 2.25. The molecule has 3 heteroatoms. The van der Waals surface area contributed by atoms with Gasteiger partial charge < -0.3 is 15.0 Å². The van der Waals surface area contributed by atoms with Crippen molar-refractivity contribution in [2.24, 2.45) is 13.0 Å². The lowest BCUT2D eigenvalue weighted by Crippen LogP contribution is -2.32. The number of aromatic nitrogens is 1. The van der Waals surface area contributed by atoms with E-state index in [1.165, 1.54) is 16.5 Å². The van der Waals surface area contributed by atoms with Crippen LogP contribution in [0.4, 0.5) is 0 Å². The second-order valence-electron chi connectivity index (χ2n) is 5.59. The molecule has 2 aromatic rings. The van der Waals surface area contributed by atoms with E-state index in [1.54, 1.807) is 0 Å². The van der Waals surface area contributed by atoms with Gasteiger partial charge in [0.05, 0.1) is 6.61 Å². The van der Waals surface area contributed by atoms with Crippen molar-refractivity contribution in [3.63, 3.8) is 0 Å². The molecule has 0 amide bonds. The summed E-state index contributed by atoms with van der Waals surface area (Å²) in [5, 5.41) is 14.6. The Morgan fingerprint density at radius 3 is 2.79 bits per heavy atom. The molecule has 0 spiro atoms. The fourth-order valence-corrected chi connectivity index (χ4v) is 3.42. The van der Waals surface area contributed by atoms with E-state index in [-0.39, 0.29) is 12.5 Å². The second-order valence-corrected chi connectivity index (χ2v) is 5.59. The molecule has 2 heterocycles. The minimum Gasteiger partial charge on any atom is -0.396 e. The lowest BCUT2D eigenvalue weighted by Gasteiger charge is -2.29. The molecule has 1 unspecified atom stereocenters. The molecular formula is C16H22N2O. The molecule has 0 aliphatic carbocycles. The average Bonchev–Trinajstić information content (AvgIpc) is 2.79. The van der Waals surface area contributed by atoms with Crippen molar-refractivity contribution in [3.05, 3.63) is 36.0 Å². The molecule has 1 aromatic carbocycles. The van der Waals surface area contributed by atoms with E-state index in [1.807, 2.05) is 0 Å². The maximum absolute atomic E-state index is 9.87. The number of hydrogen-bond acceptors (Lipinski definition) is 2. The zero-order chi connectivity index (χ0) is 13.2. The van der Waals surface area contributed by atoms with Crippen molar-refractivity contribution >= 4 is 10.9 Å². The van der Waals surface area contributed by atoms with Crippen molar-refractivity contribution < 1.29 is 5.11 Å². The van der Waals surface area contributed by atoms with Gasteiger partial charge in [-0.25, -0.2) is 0 Å². The minimum absolute atomic E-state index is 0.249. The fourth-order valence-electron chi connectivity index (χ4n) is 3.42. The molecule has 1 aliphatic heterocycles. The number of aryl methyl sites for hydroxylation is 1. The van der Waals surface area contributed by atoms with E-state index in [2.05, 4.69) is 47.4 Å². The summed E-state index contributed by atoms with van der Waals surface area (Å²) in [6.45, 7) is 2.40. The lowest BCUT2D eigenvalue weighted by atomic mass is 9.81. The van der Waals surface area contributed by atoms with Crippen LogP contribution in [-0.2, 0) is 7.05 Å². The largest absolute Gasteiger partial charge is 0.396 e. The van der Waals surface area contributed by atoms with E-state index >= 15 is 0 Å². The van der Waals surface area contributed by atoms with Crippen LogP contribution in [0.25, 0.3) is 10.9 Å². The van der Waals surface area contributed by atoms with Crippen LogP contribution in [0.3, 0.4) is 0 Å². The van der Waals surface area contributed by atoms with Crippen LogP contribution in [0.5, 0.6) is 0 Å². The van der Waals surface area contributed by atoms with Crippen molar-refractivity contribution in [3.8, 4) is 0 Å². The number of aliphatic hydroxyl groups is 1. The fraction of sp³-hybridized carbons (Fsp3) is 0.500. The molecule has 1 aromatic heterocycles. The number of rotatable bonds is 3. The van der Waals surface area contributed by atoms with E-state index in [9.17, 15) is 5.11 Å². The van der Waals surface area contributed by atoms with Gasteiger partial charge in [-0.15, -0.1) is 0 Å². The smallest absolute Gasteiger partial charge is 0.0503 e. The standard InChI is InChI=1S/C16H22N2O/c1-18-10-14(13-4-2-3-5-16(13)18)15(11-19)12-6-8-17-9-7-12/h2-5,10,12,15,17,19H,6-9,11H2,1H3. The molecule has 1 saturated heterocycles. The highest BCUT2D eigenvalue weighted by Gasteiger charge is 2.26. The lowest BCUT2D eigenvalue weighted by molar-refractivity contribution is 0.202. The zero-order valence-electron chi connectivity index (χ0n) is 11.5. The van der Waals surface area contributed by atoms with Crippen LogP contribution in [-0.4, -0.2) is 29.4 Å². The molecule has 3 rings (SSSR count). The molecule has 0 radical (unpaired) electrons. The van der Waals surface area contributed by atoms with Crippen molar-refractivity contribution in [1.82, 2.24) is 9.88 Å². The summed E-state index contributed by atoms with van der Waals surface area (Å²) in [5.41, 5.74) is 2.57. The van der Waals surface area contributed by atoms with Gasteiger partial charge in [-0.3, -0.25) is 0 Å². The third-order valence-electron chi connectivity index (χ3n) is 4.48. The Balaban J connectivity index is 2.01. The summed E-state index contributed by atoms with van der Waals surface area (Å²) in [4.78, 5) is 0. The molecule has 19 heavy (non-hydrogen) atoms. The summed E-state index contributed by atoms with van der Waals surface area (Å²) in [5.74, 6) is 0.866. The number of hydrogen-bond donors (Lipinski definition) is 2. The number of para-hydroxylation sites is 1. The molecule has 1 aliphatic rings. The highest BCUT2D eigenvalue weighted by atomic mass is 16.3. The van der Waals surface area contributed by atoms with E-state index in [4.69, 9.17) is 0 Å². The molecule has 1 fully saturated rings. The molecule has 2 N–H and O–H groups in total. The van der Waals surface area contributed by atoms with Crippen LogP contribution in [0.1, 0.15) is 24.3 Å². The topological polar surface area (TPSA) is 37.2 Å². The van der Waals surface area contributed by atoms with Crippen molar-refractivity contribution in [1.29, 1.82) is 0 Å². The number of nitrogens with zero attached hydrogens (tertiary/aromatic N) is 1. The first-order valence-corrected chi connectivity index (χ1v) is 7.17. The number of piperidine rings is 1. The Morgan fingerprint density at radius 2 is 2.05 bits per heavy atom. The van der Waals surface area contributed by atoms with Gasteiger partial charge in [0.15, 0.2) is 0 Å². The SMILES string of the molecule is Cn1cc(C(CO)C2CCNCC2)c2ccccc21. The highest BCUT2D eigenvalue weighted by Crippen LogP contribution is 2.35. The van der Waals surface area contributed by atoms with Crippen molar-refractivity contribution in [2.75, 3.05) is 19.7 Å². The number of benzene rings is 1. The van der Waals surface area contributed by atoms with Crippen LogP contribution < -0.4 is 5.32 Å². The number of aliphatic hydroxyl groups excluding tert-OH is 1. The van der Waals surface area contributed by atoms with Gasteiger partial charge in [0.25, 0.3) is 0 Å². The van der Waals surface area contributed by atoms with Crippen molar-refractivity contribution in [2.45, 2.75) is 18.8 Å². The number of fused-ring (bicyclic) bond motifs is 1. The van der Waals surface area contributed by atoms with Gasteiger partial charge in [0, 0.05) is 30.1 Å². The first-order chi connectivity index (χ1) is 9.31. The second kappa shape index (κ2) is 5.35. The monoisotopic (exact) mass is 258 g/mol. The Kier molecular flexibility index (Phi) is 3.58. The Labute approximate surface area is 114 Å². The van der Waals surface area contributed by atoms with Gasteiger partial charge in [0.2, 0.25) is 0 Å². The van der Waals surface area contributed by atoms with Gasteiger partial charge in [-0.05, 0) is 43.5 Å². The summed E-state index contributed by atoms with van der Waals surface area (Å²) in [6, 6.07) is 8.48. The molecular weight excluding hydrogens is 236 g/mol. The van der Waals surface area contributed by atoms with Gasteiger partial charge in [-0.2, -0.15) is 0 Å². The van der Waals surface area contributed by atoms with E-state index in [0.717, 1.165) is 25.9 Å². The Morgan fingerprint density at radius 1 is 1.32 bits per heavy atom. The average molecular weight is 258 g/mol. The number of nitrogens with one attached hydrogen (secondary N) is 1. The maximum atomic E-state index is 9.87. The first kappa shape index (κ1) is 12.7. The summed E-state index contributed by atoms with van der Waals surface area (Å²) >= 11 is 0. The van der Waals surface area contributed by atoms with Crippen LogP contribution in [0, 0.1) is 5.92 Å². The molecule has 0 saturated carbocycles. The van der Waals surface area contributed by atoms with Gasteiger partial charge in [0.1, 0.15) is 0 Å². The molecule has 3 nitrogen and oxygen atoms in total. The van der Waals surface area contributed by atoms with E-state index in [0.29, 0.717) is 5.92 Å². The third-order valence-corrected chi connectivity index (χ3v) is 4.48. The zero-order valence-corrected chi connectivity index (χ0v) is 11.5. The molecule has 1 atom stereocenters. The molecule has 0 bridgehead atoms. The normalized spacial score (nSPS) is 18.8. The van der Waals surface area contributed by atoms with Gasteiger partial charge in [-0.1, -0.05) is 18.2 Å². The summed E-state index contributed by atoms with van der Waals surface area (Å²) in [7, 11) is 2.09. The quantitative estimate of drug-likeness (QED) is 0.886. The summed E-state index contributed by atoms with van der Waals surface area (Å²) in [6.07, 6.45) is 4.52. The van der Waals surface area contributed by atoms with Crippen LogP contribution in [0.15, 0.2) is 30.5 Å². The molecule has 102 valence electrons. The summed E-state index contributed by atoms with van der Waals surface area (Å²) < 4.78 is 2.18. The minimum atomic E-state index is 0.249. The Bertz CT molecular complexity index is 555. The van der Waals surface area contributed by atoms with Crippen LogP contribution in [0.2, 0.25) is 0 Å². The first-order valence-electron chi connectivity index (χ1n) is 7.17. The maximum Gasteiger partial charge on any atom is 0.0503 e. The predicted molar refractivity (Wildman–Crippen MR) is 78.3 cm³/mol. The van der Waals surface area contributed by atoms with Gasteiger partial charge >= 0.3 is 0 Å². The van der Waals surface area contributed by atoms with E-state index < -0.39 is 0 Å².